The van der Waals surface area contributed by atoms with Crippen LogP contribution in [0.5, 0.6) is 17.2 Å². The monoisotopic (exact) mass is 382 g/mol. The van der Waals surface area contributed by atoms with Crippen molar-refractivity contribution < 1.29 is 32.2 Å². The number of hydrogen-bond acceptors (Lipinski definition) is 5. The summed E-state index contributed by atoms with van der Waals surface area (Å²) < 4.78 is 51.7. The molecule has 6 nitrogen and oxygen atoms in total. The Hall–Kier alpha value is -3.23. The van der Waals surface area contributed by atoms with Gasteiger partial charge in [-0.25, -0.2) is 5.43 Å². The van der Waals surface area contributed by atoms with Gasteiger partial charge in [-0.2, -0.15) is 5.10 Å². The number of carbonyl (C=O) groups excluding carboxylic acids is 1. The number of alkyl halides is 3. The number of benzene rings is 2. The van der Waals surface area contributed by atoms with E-state index in [4.69, 9.17) is 9.47 Å². The van der Waals surface area contributed by atoms with Gasteiger partial charge in [0.2, 0.25) is 0 Å². The quantitative estimate of drug-likeness (QED) is 0.611. The molecule has 2 aromatic carbocycles. The number of para-hydroxylation sites is 1. The fraction of sp³-hybridized carbons (Fsp3) is 0.222. The van der Waals surface area contributed by atoms with Crippen molar-refractivity contribution in [1.82, 2.24) is 5.43 Å². The number of hydrazone groups is 1. The van der Waals surface area contributed by atoms with Crippen molar-refractivity contribution in [3.05, 3.63) is 53.1 Å². The number of ether oxygens (including phenoxy) is 3. The van der Waals surface area contributed by atoms with Crippen LogP contribution in [0.4, 0.5) is 13.2 Å². The summed E-state index contributed by atoms with van der Waals surface area (Å²) >= 11 is 0. The van der Waals surface area contributed by atoms with Crippen LogP contribution in [0.15, 0.2) is 41.5 Å². The molecule has 0 heterocycles. The summed E-state index contributed by atoms with van der Waals surface area (Å²) in [5, 5.41) is 3.78. The number of hydrogen-bond donors (Lipinski definition) is 1. The van der Waals surface area contributed by atoms with Gasteiger partial charge in [-0.3, -0.25) is 4.79 Å². The maximum atomic E-state index is 12.4. The van der Waals surface area contributed by atoms with Gasteiger partial charge in [-0.15, -0.1) is 13.2 Å². The SMILES string of the molecule is COc1ccc(C=NNC(=O)c2ccccc2OC(F)(F)F)c(OC)c1C. The van der Waals surface area contributed by atoms with Gasteiger partial charge >= 0.3 is 6.36 Å². The molecule has 0 aliphatic carbocycles. The summed E-state index contributed by atoms with van der Waals surface area (Å²) in [6.07, 6.45) is -3.59. The lowest BCUT2D eigenvalue weighted by atomic mass is 10.1. The lowest BCUT2D eigenvalue weighted by Gasteiger charge is -2.12. The lowest BCUT2D eigenvalue weighted by Crippen LogP contribution is -2.22. The standard InChI is InChI=1S/C18H17F3N2O4/c1-11-14(25-2)9-8-12(16(11)26-3)10-22-23-17(24)13-6-4-5-7-15(13)27-18(19,20)21/h4-10H,1-3H3,(H,23,24). The van der Waals surface area contributed by atoms with Crippen molar-refractivity contribution in [2.45, 2.75) is 13.3 Å². The molecule has 0 unspecified atom stereocenters. The van der Waals surface area contributed by atoms with E-state index in [1.54, 1.807) is 19.1 Å². The zero-order valence-electron chi connectivity index (χ0n) is 14.8. The highest BCUT2D eigenvalue weighted by Crippen LogP contribution is 2.30. The van der Waals surface area contributed by atoms with Gasteiger partial charge in [-0.05, 0) is 31.2 Å². The Morgan fingerprint density at radius 1 is 1.07 bits per heavy atom. The molecule has 2 aromatic rings. The van der Waals surface area contributed by atoms with Crippen LogP contribution in [0, 0.1) is 6.92 Å². The molecule has 144 valence electrons. The molecule has 0 bridgehead atoms. The Morgan fingerprint density at radius 3 is 2.41 bits per heavy atom. The van der Waals surface area contributed by atoms with Crippen LogP contribution in [0.3, 0.4) is 0 Å². The van der Waals surface area contributed by atoms with Crippen LogP contribution in [0.2, 0.25) is 0 Å². The van der Waals surface area contributed by atoms with E-state index in [9.17, 15) is 18.0 Å². The number of rotatable bonds is 6. The van der Waals surface area contributed by atoms with Crippen molar-refractivity contribution in [1.29, 1.82) is 0 Å². The number of carbonyl (C=O) groups is 1. The van der Waals surface area contributed by atoms with Crippen LogP contribution in [-0.2, 0) is 0 Å². The van der Waals surface area contributed by atoms with E-state index < -0.39 is 18.0 Å². The smallest absolute Gasteiger partial charge is 0.496 e. The molecular formula is C18H17F3N2O4. The van der Waals surface area contributed by atoms with Gasteiger partial charge in [0.25, 0.3) is 5.91 Å². The third-order valence-corrected chi connectivity index (χ3v) is 3.54. The molecule has 9 heteroatoms. The summed E-state index contributed by atoms with van der Waals surface area (Å²) in [7, 11) is 3.00. The van der Waals surface area contributed by atoms with Crippen molar-refractivity contribution in [3.8, 4) is 17.2 Å². The average molecular weight is 382 g/mol. The number of nitrogens with zero attached hydrogens (tertiary/aromatic N) is 1. The summed E-state index contributed by atoms with van der Waals surface area (Å²) in [6, 6.07) is 8.35. The zero-order chi connectivity index (χ0) is 20.0. The van der Waals surface area contributed by atoms with E-state index in [-0.39, 0.29) is 5.56 Å². The minimum atomic E-state index is -4.91. The summed E-state index contributed by atoms with van der Waals surface area (Å²) in [5.74, 6) is -0.356. The number of nitrogens with one attached hydrogen (secondary N) is 1. The second-order valence-corrected chi connectivity index (χ2v) is 5.26. The van der Waals surface area contributed by atoms with E-state index in [2.05, 4.69) is 15.3 Å². The minimum Gasteiger partial charge on any atom is -0.496 e. The zero-order valence-corrected chi connectivity index (χ0v) is 14.8. The van der Waals surface area contributed by atoms with Crippen LogP contribution >= 0.6 is 0 Å². The fourth-order valence-electron chi connectivity index (χ4n) is 2.38. The number of amides is 1. The van der Waals surface area contributed by atoms with Gasteiger partial charge in [0.15, 0.2) is 0 Å². The fourth-order valence-corrected chi connectivity index (χ4v) is 2.38. The molecule has 1 N–H and O–H groups in total. The molecule has 0 atom stereocenters. The highest BCUT2D eigenvalue weighted by Gasteiger charge is 2.32. The first-order chi connectivity index (χ1) is 12.8. The Morgan fingerprint density at radius 2 is 1.78 bits per heavy atom. The summed E-state index contributed by atoms with van der Waals surface area (Å²) in [5.41, 5.74) is 3.16. The molecule has 0 saturated carbocycles. The molecular weight excluding hydrogens is 365 g/mol. The summed E-state index contributed by atoms with van der Waals surface area (Å²) in [4.78, 5) is 12.1. The number of halogens is 3. The first kappa shape index (κ1) is 20.1. The average Bonchev–Trinajstić information content (AvgIpc) is 2.61. The molecule has 27 heavy (non-hydrogen) atoms. The summed E-state index contributed by atoms with van der Waals surface area (Å²) in [6.45, 7) is 1.79. The normalized spacial score (nSPS) is 11.3. The molecule has 2 rings (SSSR count). The van der Waals surface area contributed by atoms with Gasteiger partial charge in [0, 0.05) is 11.1 Å². The first-order valence-electron chi connectivity index (χ1n) is 7.66. The molecule has 0 fully saturated rings. The van der Waals surface area contributed by atoms with E-state index in [1.807, 2.05) is 0 Å². The molecule has 0 aliphatic heterocycles. The predicted molar refractivity (Wildman–Crippen MR) is 92.5 cm³/mol. The Bertz CT molecular complexity index is 851. The molecule has 0 radical (unpaired) electrons. The van der Waals surface area contributed by atoms with E-state index in [0.29, 0.717) is 17.1 Å². The third-order valence-electron chi connectivity index (χ3n) is 3.54. The minimum absolute atomic E-state index is 0.301. The van der Waals surface area contributed by atoms with Crippen LogP contribution < -0.4 is 19.6 Å². The number of methoxy groups -OCH3 is 2. The molecule has 0 aromatic heterocycles. The highest BCUT2D eigenvalue weighted by atomic mass is 19.4. The Labute approximate surface area is 153 Å². The maximum Gasteiger partial charge on any atom is 0.573 e. The topological polar surface area (TPSA) is 69.2 Å². The Balaban J connectivity index is 2.18. The van der Waals surface area contributed by atoms with Gasteiger partial charge < -0.3 is 14.2 Å². The Kier molecular flexibility index (Phi) is 6.27. The van der Waals surface area contributed by atoms with E-state index >= 15 is 0 Å². The van der Waals surface area contributed by atoms with Crippen molar-refractivity contribution in [2.75, 3.05) is 14.2 Å². The second-order valence-electron chi connectivity index (χ2n) is 5.26. The van der Waals surface area contributed by atoms with Gasteiger partial charge in [0.05, 0.1) is 26.0 Å². The van der Waals surface area contributed by atoms with Crippen molar-refractivity contribution in [2.24, 2.45) is 5.10 Å². The van der Waals surface area contributed by atoms with Crippen molar-refractivity contribution in [3.63, 3.8) is 0 Å². The lowest BCUT2D eigenvalue weighted by molar-refractivity contribution is -0.274. The van der Waals surface area contributed by atoms with Crippen LogP contribution in [-0.4, -0.2) is 32.7 Å². The third kappa shape index (κ3) is 5.13. The van der Waals surface area contributed by atoms with Crippen LogP contribution in [0.25, 0.3) is 0 Å². The van der Waals surface area contributed by atoms with Crippen molar-refractivity contribution >= 4 is 12.1 Å². The van der Waals surface area contributed by atoms with Gasteiger partial charge in [0.1, 0.15) is 17.2 Å². The first-order valence-corrected chi connectivity index (χ1v) is 7.66. The van der Waals surface area contributed by atoms with E-state index in [1.165, 1.54) is 38.6 Å². The predicted octanol–water partition coefficient (Wildman–Crippen LogP) is 3.67. The molecule has 0 saturated heterocycles. The van der Waals surface area contributed by atoms with Gasteiger partial charge in [-0.1, -0.05) is 12.1 Å². The molecule has 0 spiro atoms. The van der Waals surface area contributed by atoms with E-state index in [0.717, 1.165) is 11.6 Å². The van der Waals surface area contributed by atoms with Crippen LogP contribution in [0.1, 0.15) is 21.5 Å². The second kappa shape index (κ2) is 8.43. The largest absolute Gasteiger partial charge is 0.573 e. The highest BCUT2D eigenvalue weighted by molar-refractivity contribution is 5.97. The maximum absolute atomic E-state index is 12.4. The molecule has 1 amide bonds. The molecule has 0 aliphatic rings.